The number of hydrogen-bond acceptors (Lipinski definition) is 2. The van der Waals surface area contributed by atoms with Gasteiger partial charge in [0.05, 0.1) is 0 Å². The zero-order valence-electron chi connectivity index (χ0n) is 5.99. The Bertz CT molecular complexity index is 39.8. The third-order valence-electron chi connectivity index (χ3n) is 1.11. The highest BCUT2D eigenvalue weighted by Crippen LogP contribution is 1.91. The summed E-state index contributed by atoms with van der Waals surface area (Å²) in [5.41, 5.74) is 6.00. The van der Waals surface area contributed by atoms with Crippen LogP contribution in [-0.2, 0) is 0 Å². The molecule has 0 amide bonds. The van der Waals surface area contributed by atoms with E-state index in [2.05, 4.69) is 24.7 Å². The fraction of sp³-hybridized carbons (Fsp3) is 1.00. The van der Waals surface area contributed by atoms with Gasteiger partial charge in [-0.1, -0.05) is 13.3 Å². The average molecular weight is 116 g/mol. The molecule has 0 aliphatic heterocycles. The Morgan fingerprint density at radius 1 is 1.50 bits per heavy atom. The van der Waals surface area contributed by atoms with Gasteiger partial charge in [-0.3, -0.25) is 10.9 Å². The largest absolute Gasteiger partial charge is 0.261 e. The zero-order chi connectivity index (χ0) is 6.41. The normalized spacial score (nSPS) is 13.9. The van der Waals surface area contributed by atoms with E-state index >= 15 is 0 Å². The van der Waals surface area contributed by atoms with Crippen LogP contribution in [-0.4, -0.2) is 13.1 Å². The van der Waals surface area contributed by atoms with Crippen LogP contribution < -0.4 is 10.9 Å². The third-order valence-corrected chi connectivity index (χ3v) is 1.11. The van der Waals surface area contributed by atoms with Gasteiger partial charge in [0.2, 0.25) is 0 Å². The molecule has 2 heteroatoms. The predicted octanol–water partition coefficient (Wildman–Crippen LogP) is 0.899. The summed E-state index contributed by atoms with van der Waals surface area (Å²) >= 11 is 0. The van der Waals surface area contributed by atoms with Crippen molar-refractivity contribution in [2.45, 2.75) is 32.7 Å². The van der Waals surface area contributed by atoms with Crippen molar-refractivity contribution in [2.24, 2.45) is 0 Å². The lowest BCUT2D eigenvalue weighted by molar-refractivity contribution is 0.459. The van der Waals surface area contributed by atoms with Crippen LogP contribution in [0.5, 0.6) is 0 Å². The second-order valence-corrected chi connectivity index (χ2v) is 2.08. The Hall–Kier alpha value is -0.0800. The van der Waals surface area contributed by atoms with E-state index in [1.807, 2.05) is 7.05 Å². The smallest absolute Gasteiger partial charge is 0.0184 e. The van der Waals surface area contributed by atoms with Gasteiger partial charge < -0.3 is 0 Å². The van der Waals surface area contributed by atoms with E-state index in [0.717, 1.165) is 0 Å². The van der Waals surface area contributed by atoms with Crippen LogP contribution >= 0.6 is 0 Å². The minimum Gasteiger partial charge on any atom is -0.261 e. The molecule has 0 rings (SSSR count). The number of hydrogen-bond donors (Lipinski definition) is 2. The van der Waals surface area contributed by atoms with Crippen molar-refractivity contribution < 1.29 is 0 Å². The molecule has 0 saturated carbocycles. The zero-order valence-corrected chi connectivity index (χ0v) is 5.99. The van der Waals surface area contributed by atoms with E-state index in [1.54, 1.807) is 0 Å². The summed E-state index contributed by atoms with van der Waals surface area (Å²) in [6, 6.07) is 0.602. The summed E-state index contributed by atoms with van der Waals surface area (Å²) in [5, 5.41) is 0. The van der Waals surface area contributed by atoms with E-state index < -0.39 is 0 Å². The summed E-state index contributed by atoms with van der Waals surface area (Å²) in [5.74, 6) is 0. The maximum absolute atomic E-state index is 3.10. The second kappa shape index (κ2) is 5.06. The summed E-state index contributed by atoms with van der Waals surface area (Å²) in [6.07, 6.45) is 2.48. The Morgan fingerprint density at radius 2 is 2.12 bits per heavy atom. The van der Waals surface area contributed by atoms with Gasteiger partial charge >= 0.3 is 0 Å². The molecular formula is C6H16N2. The lowest BCUT2D eigenvalue weighted by atomic mass is 10.2. The van der Waals surface area contributed by atoms with Crippen LogP contribution in [0.4, 0.5) is 0 Å². The van der Waals surface area contributed by atoms with Crippen LogP contribution in [0.2, 0.25) is 0 Å². The van der Waals surface area contributed by atoms with Gasteiger partial charge in [-0.05, 0) is 20.4 Å². The summed E-state index contributed by atoms with van der Waals surface area (Å²) in [7, 11) is 1.90. The molecule has 0 fully saturated rings. The number of rotatable bonds is 4. The minimum absolute atomic E-state index is 0.602. The Kier molecular flexibility index (Phi) is 5.01. The first-order valence-corrected chi connectivity index (χ1v) is 3.23. The molecule has 1 atom stereocenters. The van der Waals surface area contributed by atoms with Crippen LogP contribution in [0.3, 0.4) is 0 Å². The standard InChI is InChI=1S/C6H16N2/c1-4-5-6(2)8-7-3/h6-8H,4-5H2,1-3H3/t6-/m1/s1. The predicted molar refractivity (Wildman–Crippen MR) is 36.6 cm³/mol. The lowest BCUT2D eigenvalue weighted by Crippen LogP contribution is -2.35. The molecule has 8 heavy (non-hydrogen) atoms. The highest BCUT2D eigenvalue weighted by atomic mass is 15.3. The first kappa shape index (κ1) is 7.92. The Morgan fingerprint density at radius 3 is 2.50 bits per heavy atom. The first-order valence-electron chi connectivity index (χ1n) is 3.23. The van der Waals surface area contributed by atoms with Gasteiger partial charge in [-0.2, -0.15) is 0 Å². The number of nitrogens with one attached hydrogen (secondary N) is 2. The molecule has 2 nitrogen and oxygen atoms in total. The molecule has 2 N–H and O–H groups in total. The molecule has 0 radical (unpaired) electrons. The monoisotopic (exact) mass is 116 g/mol. The van der Waals surface area contributed by atoms with Crippen LogP contribution in [0.1, 0.15) is 26.7 Å². The molecule has 0 bridgehead atoms. The van der Waals surface area contributed by atoms with E-state index in [4.69, 9.17) is 0 Å². The summed E-state index contributed by atoms with van der Waals surface area (Å²) in [4.78, 5) is 0. The van der Waals surface area contributed by atoms with Crippen molar-refractivity contribution in [3.63, 3.8) is 0 Å². The van der Waals surface area contributed by atoms with E-state index in [-0.39, 0.29) is 0 Å². The fourth-order valence-corrected chi connectivity index (χ4v) is 0.752. The van der Waals surface area contributed by atoms with Crippen molar-refractivity contribution >= 4 is 0 Å². The second-order valence-electron chi connectivity index (χ2n) is 2.08. The Labute approximate surface area is 51.6 Å². The molecule has 0 aromatic carbocycles. The SMILES string of the molecule is CCC[C@@H](C)NNC. The Balaban J connectivity index is 2.92. The molecular weight excluding hydrogens is 100 g/mol. The summed E-state index contributed by atoms with van der Waals surface area (Å²) in [6.45, 7) is 4.36. The van der Waals surface area contributed by atoms with Crippen molar-refractivity contribution in [2.75, 3.05) is 7.05 Å². The van der Waals surface area contributed by atoms with Crippen molar-refractivity contribution in [1.29, 1.82) is 0 Å². The molecule has 0 saturated heterocycles. The maximum atomic E-state index is 3.10. The highest BCUT2D eigenvalue weighted by molar-refractivity contribution is 4.52. The van der Waals surface area contributed by atoms with Crippen LogP contribution in [0.25, 0.3) is 0 Å². The van der Waals surface area contributed by atoms with E-state index in [0.29, 0.717) is 6.04 Å². The fourth-order valence-electron chi connectivity index (χ4n) is 0.752. The molecule has 0 aliphatic carbocycles. The first-order chi connectivity index (χ1) is 3.81. The molecule has 0 aromatic heterocycles. The molecule has 0 aliphatic rings. The van der Waals surface area contributed by atoms with Crippen molar-refractivity contribution in [3.8, 4) is 0 Å². The van der Waals surface area contributed by atoms with Gasteiger partial charge in [0, 0.05) is 6.04 Å². The average Bonchev–Trinajstić information content (AvgIpc) is 1.68. The third kappa shape index (κ3) is 4.09. The molecule has 50 valence electrons. The molecule has 0 unspecified atom stereocenters. The molecule has 0 spiro atoms. The number of hydrazine groups is 1. The van der Waals surface area contributed by atoms with Gasteiger partial charge in [-0.15, -0.1) is 0 Å². The van der Waals surface area contributed by atoms with Gasteiger partial charge in [-0.25, -0.2) is 0 Å². The highest BCUT2D eigenvalue weighted by Gasteiger charge is 1.93. The van der Waals surface area contributed by atoms with Gasteiger partial charge in [0.1, 0.15) is 0 Å². The molecule has 0 heterocycles. The quantitative estimate of drug-likeness (QED) is 0.533. The van der Waals surface area contributed by atoms with Crippen molar-refractivity contribution in [3.05, 3.63) is 0 Å². The maximum Gasteiger partial charge on any atom is 0.0184 e. The van der Waals surface area contributed by atoms with E-state index in [9.17, 15) is 0 Å². The van der Waals surface area contributed by atoms with Gasteiger partial charge in [0.25, 0.3) is 0 Å². The van der Waals surface area contributed by atoms with Gasteiger partial charge in [0.15, 0.2) is 0 Å². The topological polar surface area (TPSA) is 24.1 Å². The van der Waals surface area contributed by atoms with Crippen LogP contribution in [0, 0.1) is 0 Å². The molecule has 0 aromatic rings. The summed E-state index contributed by atoms with van der Waals surface area (Å²) < 4.78 is 0. The lowest BCUT2D eigenvalue weighted by Gasteiger charge is -2.09. The minimum atomic E-state index is 0.602. The van der Waals surface area contributed by atoms with Crippen molar-refractivity contribution in [1.82, 2.24) is 10.9 Å². The van der Waals surface area contributed by atoms with Crippen LogP contribution in [0.15, 0.2) is 0 Å². The van der Waals surface area contributed by atoms with E-state index in [1.165, 1.54) is 12.8 Å².